The number of aryl methyl sites for hydroxylation is 1. The average molecular weight is 387 g/mol. The second kappa shape index (κ2) is 8.31. The molecule has 0 saturated carbocycles. The third-order valence-electron chi connectivity index (χ3n) is 5.21. The Morgan fingerprint density at radius 3 is 2.34 bits per heavy atom. The molecule has 0 spiro atoms. The van der Waals surface area contributed by atoms with Crippen LogP contribution in [0, 0.1) is 12.7 Å². The summed E-state index contributed by atoms with van der Waals surface area (Å²) in [6.45, 7) is 2.32. The molecule has 1 N–H and O–H groups in total. The summed E-state index contributed by atoms with van der Waals surface area (Å²) in [4.78, 5) is 12.1. The lowest BCUT2D eigenvalue weighted by Crippen LogP contribution is -2.26. The van der Waals surface area contributed by atoms with Gasteiger partial charge in [0.2, 0.25) is 0 Å². The summed E-state index contributed by atoms with van der Waals surface area (Å²) < 4.78 is 19.0. The van der Waals surface area contributed by atoms with Crippen LogP contribution in [0.25, 0.3) is 17.2 Å². The Labute approximate surface area is 169 Å². The van der Waals surface area contributed by atoms with E-state index in [0.717, 1.165) is 5.56 Å². The molecule has 0 radical (unpaired) electrons. The lowest BCUT2D eigenvalue weighted by atomic mass is 9.98. The highest BCUT2D eigenvalue weighted by Crippen LogP contribution is 2.44. The fraction of sp³-hybridized carbons (Fsp3) is 0.160. The number of amides is 1. The van der Waals surface area contributed by atoms with Crippen molar-refractivity contribution in [2.45, 2.75) is 12.8 Å². The summed E-state index contributed by atoms with van der Waals surface area (Å²) in [7, 11) is 0. The van der Waals surface area contributed by atoms with Crippen molar-refractivity contribution in [1.82, 2.24) is 5.32 Å². The predicted octanol–water partition coefficient (Wildman–Crippen LogP) is 5.69. The molecule has 0 saturated heterocycles. The molecule has 4 heteroatoms. The van der Waals surface area contributed by atoms with Gasteiger partial charge in [0.05, 0.1) is 0 Å². The van der Waals surface area contributed by atoms with Crippen LogP contribution in [0.2, 0.25) is 0 Å². The molecule has 0 atom stereocenters. The topological polar surface area (TPSA) is 38.3 Å². The van der Waals surface area contributed by atoms with Crippen molar-refractivity contribution in [1.29, 1.82) is 0 Å². The van der Waals surface area contributed by atoms with Crippen molar-refractivity contribution in [3.63, 3.8) is 0 Å². The number of carbonyl (C=O) groups is 1. The van der Waals surface area contributed by atoms with E-state index in [0.29, 0.717) is 12.1 Å². The molecule has 3 aromatic rings. The molecule has 0 bridgehead atoms. The first kappa shape index (κ1) is 18.9. The number of halogens is 1. The molecule has 29 heavy (non-hydrogen) atoms. The van der Waals surface area contributed by atoms with Gasteiger partial charge in [-0.3, -0.25) is 0 Å². The highest BCUT2D eigenvalue weighted by Gasteiger charge is 2.28. The van der Waals surface area contributed by atoms with E-state index in [9.17, 15) is 9.18 Å². The van der Waals surface area contributed by atoms with E-state index >= 15 is 0 Å². The first-order valence-electron chi connectivity index (χ1n) is 9.65. The van der Waals surface area contributed by atoms with E-state index in [1.807, 2.05) is 30.3 Å². The molecule has 0 fully saturated rings. The summed E-state index contributed by atoms with van der Waals surface area (Å²) in [6, 6.07) is 21.5. The summed E-state index contributed by atoms with van der Waals surface area (Å²) >= 11 is 0. The standard InChI is InChI=1S/C25H22FNO2/c1-17-12-13-18(15-24(17)26)7-6-14-27-25(28)29-16-23-21-10-4-2-8-19(21)20-9-3-5-11-22(20)23/h2-13,15,23H,14,16H2,1H3,(H,27,28). The van der Waals surface area contributed by atoms with Gasteiger partial charge < -0.3 is 10.1 Å². The van der Waals surface area contributed by atoms with Gasteiger partial charge in [-0.1, -0.05) is 72.8 Å². The Bertz CT molecular complexity index is 1030. The zero-order chi connectivity index (χ0) is 20.2. The second-order valence-corrected chi connectivity index (χ2v) is 7.12. The van der Waals surface area contributed by atoms with Crippen molar-refractivity contribution < 1.29 is 13.9 Å². The highest BCUT2D eigenvalue weighted by molar-refractivity contribution is 5.79. The second-order valence-electron chi connectivity index (χ2n) is 7.12. The zero-order valence-electron chi connectivity index (χ0n) is 16.2. The van der Waals surface area contributed by atoms with Crippen LogP contribution in [-0.4, -0.2) is 19.2 Å². The van der Waals surface area contributed by atoms with Crippen LogP contribution in [0.5, 0.6) is 0 Å². The number of ether oxygens (including phenoxy) is 1. The quantitative estimate of drug-likeness (QED) is 0.611. The maximum atomic E-state index is 13.6. The Balaban J connectivity index is 1.33. The largest absolute Gasteiger partial charge is 0.449 e. The Morgan fingerprint density at radius 2 is 1.69 bits per heavy atom. The van der Waals surface area contributed by atoms with E-state index in [2.05, 4.69) is 29.6 Å². The number of carbonyl (C=O) groups excluding carboxylic acids is 1. The minimum atomic E-state index is -0.466. The summed E-state index contributed by atoms with van der Waals surface area (Å²) in [5.74, 6) is -0.198. The minimum absolute atomic E-state index is 0.0409. The Kier molecular flexibility index (Phi) is 5.43. The average Bonchev–Trinajstić information content (AvgIpc) is 3.06. The van der Waals surface area contributed by atoms with Gasteiger partial charge in [0.25, 0.3) is 0 Å². The van der Waals surface area contributed by atoms with Crippen LogP contribution in [-0.2, 0) is 4.74 Å². The fourth-order valence-electron chi connectivity index (χ4n) is 3.70. The number of hydrogen-bond acceptors (Lipinski definition) is 2. The third-order valence-corrected chi connectivity index (χ3v) is 5.21. The van der Waals surface area contributed by atoms with Gasteiger partial charge in [-0.25, -0.2) is 9.18 Å². The Hall–Kier alpha value is -3.40. The van der Waals surface area contributed by atoms with E-state index in [4.69, 9.17) is 4.74 Å². The fourth-order valence-corrected chi connectivity index (χ4v) is 3.70. The normalized spacial score (nSPS) is 12.6. The molecular weight excluding hydrogens is 365 g/mol. The first-order valence-corrected chi connectivity index (χ1v) is 9.65. The van der Waals surface area contributed by atoms with Gasteiger partial charge in [-0.15, -0.1) is 0 Å². The van der Waals surface area contributed by atoms with Crippen LogP contribution in [0.4, 0.5) is 9.18 Å². The molecule has 1 aliphatic carbocycles. The van der Waals surface area contributed by atoms with E-state index in [1.54, 1.807) is 25.1 Å². The van der Waals surface area contributed by atoms with Crippen LogP contribution < -0.4 is 5.32 Å². The molecule has 3 aromatic carbocycles. The number of hydrogen-bond donors (Lipinski definition) is 1. The molecule has 146 valence electrons. The van der Waals surface area contributed by atoms with Gasteiger partial charge in [-0.2, -0.15) is 0 Å². The van der Waals surface area contributed by atoms with Crippen molar-refractivity contribution in [2.24, 2.45) is 0 Å². The van der Waals surface area contributed by atoms with Crippen LogP contribution >= 0.6 is 0 Å². The SMILES string of the molecule is Cc1ccc(C=CCNC(=O)OCC2c3ccccc3-c3ccccc32)cc1F. The molecule has 1 amide bonds. The lowest BCUT2D eigenvalue weighted by Gasteiger charge is -2.14. The molecule has 0 heterocycles. The highest BCUT2D eigenvalue weighted by atomic mass is 19.1. The Morgan fingerprint density at radius 1 is 1.03 bits per heavy atom. The van der Waals surface area contributed by atoms with Crippen molar-refractivity contribution in [3.05, 3.63) is 101 Å². The number of alkyl carbamates (subject to hydrolysis) is 1. The van der Waals surface area contributed by atoms with Gasteiger partial charge in [0.1, 0.15) is 12.4 Å². The van der Waals surface area contributed by atoms with Crippen molar-refractivity contribution >= 4 is 12.2 Å². The molecular formula is C25H22FNO2. The minimum Gasteiger partial charge on any atom is -0.449 e. The molecule has 1 aliphatic rings. The molecule has 0 unspecified atom stereocenters. The van der Waals surface area contributed by atoms with Gasteiger partial charge in [0.15, 0.2) is 0 Å². The molecule has 4 rings (SSSR count). The van der Waals surface area contributed by atoms with E-state index in [-0.39, 0.29) is 18.3 Å². The lowest BCUT2D eigenvalue weighted by molar-refractivity contribution is 0.144. The summed E-state index contributed by atoms with van der Waals surface area (Å²) in [5.41, 5.74) is 6.13. The maximum Gasteiger partial charge on any atom is 0.407 e. The molecule has 3 nitrogen and oxygen atoms in total. The molecule has 0 aliphatic heterocycles. The maximum absolute atomic E-state index is 13.6. The smallest absolute Gasteiger partial charge is 0.407 e. The van der Waals surface area contributed by atoms with Gasteiger partial charge in [0, 0.05) is 12.5 Å². The summed E-state index contributed by atoms with van der Waals surface area (Å²) in [5, 5.41) is 2.71. The number of nitrogens with one attached hydrogen (secondary N) is 1. The van der Waals surface area contributed by atoms with Crippen LogP contribution in [0.15, 0.2) is 72.8 Å². The number of rotatable bonds is 5. The van der Waals surface area contributed by atoms with Crippen LogP contribution in [0.1, 0.15) is 28.2 Å². The van der Waals surface area contributed by atoms with Gasteiger partial charge >= 0.3 is 6.09 Å². The third kappa shape index (κ3) is 4.06. The van der Waals surface area contributed by atoms with E-state index in [1.165, 1.54) is 28.3 Å². The predicted molar refractivity (Wildman–Crippen MR) is 113 cm³/mol. The van der Waals surface area contributed by atoms with E-state index < -0.39 is 6.09 Å². The van der Waals surface area contributed by atoms with Crippen LogP contribution in [0.3, 0.4) is 0 Å². The van der Waals surface area contributed by atoms with Crippen molar-refractivity contribution in [2.75, 3.05) is 13.2 Å². The number of benzene rings is 3. The first-order chi connectivity index (χ1) is 14.1. The molecule has 0 aromatic heterocycles. The van der Waals surface area contributed by atoms with Gasteiger partial charge in [-0.05, 0) is 46.4 Å². The zero-order valence-corrected chi connectivity index (χ0v) is 16.2. The number of fused-ring (bicyclic) bond motifs is 3. The van der Waals surface area contributed by atoms with Crippen molar-refractivity contribution in [3.8, 4) is 11.1 Å². The summed E-state index contributed by atoms with van der Waals surface area (Å²) in [6.07, 6.45) is 3.07. The monoisotopic (exact) mass is 387 g/mol.